The standard InChI is InChI=1S/C16H14Br2N4OS2.2BrH/c17-9-1-7(5-21-15(19)24)13-11(3-9)12-4-10(18)2-8(14(12)23-13)6-22-16(20)25;;/h1-4H,5-6H2,(H3,19,21,24)(H3,20,22,25);2*1H. The number of hydrogen-bond acceptors (Lipinski definition) is 3. The number of nitrogens with two attached hydrogens (primary N) is 2. The Morgan fingerprint density at radius 2 is 1.19 bits per heavy atom. The molecule has 0 fully saturated rings. The first-order chi connectivity index (χ1) is 11.8. The summed E-state index contributed by atoms with van der Waals surface area (Å²) < 4.78 is 8.10. The lowest BCUT2D eigenvalue weighted by atomic mass is 10.1. The molecule has 1 aromatic heterocycles. The number of rotatable bonds is 4. The first-order valence-electron chi connectivity index (χ1n) is 7.25. The molecule has 146 valence electrons. The van der Waals surface area contributed by atoms with Gasteiger partial charge in [0.2, 0.25) is 0 Å². The van der Waals surface area contributed by atoms with Crippen LogP contribution in [-0.4, -0.2) is 10.2 Å². The van der Waals surface area contributed by atoms with Gasteiger partial charge in [-0.25, -0.2) is 0 Å². The molecule has 0 saturated carbocycles. The molecule has 6 N–H and O–H groups in total. The molecule has 11 heteroatoms. The lowest BCUT2D eigenvalue weighted by Gasteiger charge is -2.05. The molecule has 0 atom stereocenters. The summed E-state index contributed by atoms with van der Waals surface area (Å²) in [6.45, 7) is 0.958. The van der Waals surface area contributed by atoms with Gasteiger partial charge in [0.05, 0.1) is 0 Å². The molecule has 0 aliphatic carbocycles. The molecule has 0 bridgehead atoms. The van der Waals surface area contributed by atoms with E-state index in [4.69, 9.17) is 40.3 Å². The van der Waals surface area contributed by atoms with Gasteiger partial charge in [-0.05, 0) is 48.7 Å². The van der Waals surface area contributed by atoms with Crippen molar-refractivity contribution in [2.75, 3.05) is 0 Å². The summed E-state index contributed by atoms with van der Waals surface area (Å²) in [5.74, 6) is 0. The number of thiocarbonyl (C=S) groups is 2. The van der Waals surface area contributed by atoms with E-state index in [1.807, 2.05) is 24.3 Å². The van der Waals surface area contributed by atoms with E-state index in [0.29, 0.717) is 13.1 Å². The van der Waals surface area contributed by atoms with Gasteiger partial charge >= 0.3 is 0 Å². The van der Waals surface area contributed by atoms with Crippen LogP contribution in [0.3, 0.4) is 0 Å². The molecule has 0 spiro atoms. The third-order valence-electron chi connectivity index (χ3n) is 3.66. The summed E-state index contributed by atoms with van der Waals surface area (Å²) in [4.78, 5) is 0. The van der Waals surface area contributed by atoms with Crippen LogP contribution in [0.1, 0.15) is 11.1 Å². The Morgan fingerprint density at radius 1 is 0.815 bits per heavy atom. The van der Waals surface area contributed by atoms with Crippen molar-refractivity contribution in [3.8, 4) is 0 Å². The maximum Gasteiger partial charge on any atom is 0.163 e. The summed E-state index contributed by atoms with van der Waals surface area (Å²) in [5, 5.41) is 8.42. The van der Waals surface area contributed by atoms with Crippen molar-refractivity contribution >= 4 is 122 Å². The zero-order valence-corrected chi connectivity index (χ0v) is 21.9. The zero-order chi connectivity index (χ0) is 18.1. The number of fused-ring (bicyclic) bond motifs is 3. The minimum Gasteiger partial charge on any atom is -0.455 e. The van der Waals surface area contributed by atoms with Crippen molar-refractivity contribution in [3.63, 3.8) is 0 Å². The predicted octanol–water partition coefficient (Wildman–Crippen LogP) is 4.93. The topological polar surface area (TPSA) is 89.2 Å². The highest BCUT2D eigenvalue weighted by Crippen LogP contribution is 2.37. The molecule has 3 rings (SSSR count). The average molecular weight is 664 g/mol. The second kappa shape index (κ2) is 10.4. The molecule has 3 aromatic rings. The normalized spacial score (nSPS) is 10.1. The fourth-order valence-electron chi connectivity index (χ4n) is 2.67. The van der Waals surface area contributed by atoms with E-state index in [1.165, 1.54) is 0 Å². The Hall–Kier alpha value is -0.460. The van der Waals surface area contributed by atoms with Crippen LogP contribution in [0.2, 0.25) is 0 Å². The summed E-state index contributed by atoms with van der Waals surface area (Å²) in [7, 11) is 0. The van der Waals surface area contributed by atoms with Crippen LogP contribution in [0.5, 0.6) is 0 Å². The molecular formula is C16H16Br4N4OS2. The van der Waals surface area contributed by atoms with E-state index in [9.17, 15) is 0 Å². The third-order valence-corrected chi connectivity index (χ3v) is 4.87. The second-order valence-corrected chi connectivity index (χ2v) is 8.13. The minimum atomic E-state index is 0. The van der Waals surface area contributed by atoms with Crippen LogP contribution < -0.4 is 22.1 Å². The Morgan fingerprint density at radius 3 is 1.52 bits per heavy atom. The maximum atomic E-state index is 6.20. The highest BCUT2D eigenvalue weighted by Gasteiger charge is 2.16. The van der Waals surface area contributed by atoms with Crippen molar-refractivity contribution in [1.29, 1.82) is 0 Å². The molecule has 0 unspecified atom stereocenters. The molecular weight excluding hydrogens is 648 g/mol. The average Bonchev–Trinajstić information content (AvgIpc) is 2.88. The van der Waals surface area contributed by atoms with Crippen molar-refractivity contribution in [1.82, 2.24) is 10.6 Å². The molecule has 5 nitrogen and oxygen atoms in total. The molecule has 0 amide bonds. The number of nitrogens with one attached hydrogen (secondary N) is 2. The van der Waals surface area contributed by atoms with Crippen LogP contribution in [-0.2, 0) is 13.1 Å². The largest absolute Gasteiger partial charge is 0.455 e. The van der Waals surface area contributed by atoms with E-state index in [0.717, 1.165) is 42.0 Å². The Kier molecular flexibility index (Phi) is 9.43. The van der Waals surface area contributed by atoms with Crippen molar-refractivity contribution in [3.05, 3.63) is 44.3 Å². The lowest BCUT2D eigenvalue weighted by Crippen LogP contribution is -2.28. The summed E-state index contributed by atoms with van der Waals surface area (Å²) in [5.41, 5.74) is 14.6. The van der Waals surface area contributed by atoms with Crippen LogP contribution in [0.25, 0.3) is 21.9 Å². The van der Waals surface area contributed by atoms with Gasteiger partial charge in [-0.1, -0.05) is 31.9 Å². The van der Waals surface area contributed by atoms with E-state index in [1.54, 1.807) is 0 Å². The van der Waals surface area contributed by atoms with Gasteiger partial charge in [0, 0.05) is 43.9 Å². The zero-order valence-electron chi connectivity index (χ0n) is 13.7. The number of halogens is 4. The number of furan rings is 1. The van der Waals surface area contributed by atoms with Crippen LogP contribution in [0.4, 0.5) is 0 Å². The maximum absolute atomic E-state index is 6.20. The summed E-state index contributed by atoms with van der Waals surface area (Å²) >= 11 is 16.9. The van der Waals surface area contributed by atoms with Gasteiger partial charge in [0.15, 0.2) is 10.2 Å². The van der Waals surface area contributed by atoms with E-state index < -0.39 is 0 Å². The smallest absolute Gasteiger partial charge is 0.163 e. The predicted molar refractivity (Wildman–Crippen MR) is 137 cm³/mol. The van der Waals surface area contributed by atoms with Crippen LogP contribution in [0.15, 0.2) is 37.6 Å². The highest BCUT2D eigenvalue weighted by atomic mass is 79.9. The van der Waals surface area contributed by atoms with Gasteiger partial charge in [0.25, 0.3) is 0 Å². The highest BCUT2D eigenvalue weighted by molar-refractivity contribution is 9.10. The molecule has 0 saturated heterocycles. The Bertz CT molecular complexity index is 931. The Labute approximate surface area is 204 Å². The van der Waals surface area contributed by atoms with Crippen molar-refractivity contribution in [2.45, 2.75) is 13.1 Å². The SMILES string of the molecule is Br.Br.NC(=S)NCc1cc(Br)cc2c1oc1c(CNC(N)=S)cc(Br)cc12. The number of hydrogen-bond donors (Lipinski definition) is 4. The fourth-order valence-corrected chi connectivity index (χ4v) is 3.83. The van der Waals surface area contributed by atoms with Gasteiger partial charge in [-0.2, -0.15) is 0 Å². The van der Waals surface area contributed by atoms with Crippen LogP contribution >= 0.6 is 90.3 Å². The van der Waals surface area contributed by atoms with Gasteiger partial charge in [-0.15, -0.1) is 34.0 Å². The van der Waals surface area contributed by atoms with Gasteiger partial charge in [0.1, 0.15) is 11.2 Å². The molecule has 1 heterocycles. The second-order valence-electron chi connectivity index (χ2n) is 5.42. The van der Waals surface area contributed by atoms with E-state index in [-0.39, 0.29) is 44.2 Å². The van der Waals surface area contributed by atoms with Crippen molar-refractivity contribution in [2.24, 2.45) is 11.5 Å². The molecule has 0 aliphatic heterocycles. The lowest BCUT2D eigenvalue weighted by molar-refractivity contribution is 0.653. The van der Waals surface area contributed by atoms with Gasteiger partial charge < -0.3 is 26.5 Å². The molecule has 2 aromatic carbocycles. The summed E-state index contributed by atoms with van der Waals surface area (Å²) in [6, 6.07) is 8.03. The minimum absolute atomic E-state index is 0. The van der Waals surface area contributed by atoms with Crippen molar-refractivity contribution < 1.29 is 4.42 Å². The third kappa shape index (κ3) is 5.77. The van der Waals surface area contributed by atoms with E-state index >= 15 is 0 Å². The Balaban J connectivity index is 0.00000182. The summed E-state index contributed by atoms with van der Waals surface area (Å²) in [6.07, 6.45) is 0. The first kappa shape index (κ1) is 24.6. The molecule has 27 heavy (non-hydrogen) atoms. The van der Waals surface area contributed by atoms with Crippen LogP contribution in [0, 0.1) is 0 Å². The molecule has 0 radical (unpaired) electrons. The fraction of sp³-hybridized carbons (Fsp3) is 0.125. The quantitative estimate of drug-likeness (QED) is 0.295. The first-order valence-corrected chi connectivity index (χ1v) is 9.65. The monoisotopic (exact) mass is 660 g/mol. The van der Waals surface area contributed by atoms with E-state index in [2.05, 4.69) is 42.5 Å². The molecule has 0 aliphatic rings. The number of benzene rings is 2. The van der Waals surface area contributed by atoms with Gasteiger partial charge in [-0.3, -0.25) is 0 Å².